The molecule has 0 aromatic heterocycles. The summed E-state index contributed by atoms with van der Waals surface area (Å²) in [6, 6.07) is 4.18. The van der Waals surface area contributed by atoms with Crippen molar-refractivity contribution in [2.24, 2.45) is 0 Å². The van der Waals surface area contributed by atoms with Gasteiger partial charge in [0.25, 0.3) is 0 Å². The second-order valence-corrected chi connectivity index (χ2v) is 6.20. The molecule has 0 unspecified atom stereocenters. The van der Waals surface area contributed by atoms with Crippen LogP contribution in [-0.2, 0) is 0 Å². The Balaban J connectivity index is 2.59. The van der Waals surface area contributed by atoms with Crippen LogP contribution in [-0.4, -0.2) is 22.6 Å². The number of hydrogen-bond acceptors (Lipinski definition) is 2. The molecular weight excluding hydrogens is 307 g/mol. The Morgan fingerprint density at radius 2 is 1.94 bits per heavy atom. The normalized spacial score (nSPS) is 10.9. The summed E-state index contributed by atoms with van der Waals surface area (Å²) in [6.45, 7) is 7.38. The topological polar surface area (TPSA) is 9.23 Å². The van der Waals surface area contributed by atoms with Crippen molar-refractivity contribution in [3.05, 3.63) is 17.7 Å². The molecule has 1 nitrogen and oxygen atoms in total. The van der Waals surface area contributed by atoms with Gasteiger partial charge in [0.1, 0.15) is 0 Å². The first-order chi connectivity index (χ1) is 8.57. The Kier molecular flexibility index (Phi) is 7.21. The van der Waals surface area contributed by atoms with Crippen molar-refractivity contribution in [3.63, 3.8) is 0 Å². The van der Waals surface area contributed by atoms with Crippen LogP contribution in [0.2, 0.25) is 0 Å². The van der Waals surface area contributed by atoms with Gasteiger partial charge in [-0.15, -0.1) is 0 Å². The summed E-state index contributed by atoms with van der Waals surface area (Å²) in [5.74, 6) is 1.42. The molecule has 1 radical (unpaired) electrons. The van der Waals surface area contributed by atoms with Crippen LogP contribution in [0.5, 0.6) is 5.75 Å². The van der Waals surface area contributed by atoms with E-state index < -0.39 is 0 Å². The van der Waals surface area contributed by atoms with Crippen molar-refractivity contribution in [1.29, 1.82) is 0 Å². The van der Waals surface area contributed by atoms with E-state index in [1.165, 1.54) is 24.8 Å². The average Bonchev–Trinajstić information content (AvgIpc) is 2.33. The standard InChI is InChI=1S/C15H23OSSe/c1-4-5-6-7-10-16-13-9-8-12(11(2)3)14(17)15(13)18/h8-9,11,17H,4-7,10H2,1-3H3. The van der Waals surface area contributed by atoms with Gasteiger partial charge >= 0.3 is 125 Å². The predicted molar refractivity (Wildman–Crippen MR) is 82.8 cm³/mol. The minimum atomic E-state index is 0.489. The number of rotatable bonds is 7. The second-order valence-electron chi connectivity index (χ2n) is 4.89. The first-order valence-corrected chi connectivity index (χ1v) is 8.04. The van der Waals surface area contributed by atoms with E-state index in [-0.39, 0.29) is 0 Å². The van der Waals surface area contributed by atoms with E-state index in [0.717, 1.165) is 28.1 Å². The Labute approximate surface area is 125 Å². The van der Waals surface area contributed by atoms with Crippen molar-refractivity contribution in [2.75, 3.05) is 6.61 Å². The van der Waals surface area contributed by atoms with Crippen LogP contribution < -0.4 is 9.20 Å². The number of ether oxygens (including phenoxy) is 1. The molecule has 0 atom stereocenters. The van der Waals surface area contributed by atoms with Gasteiger partial charge in [0.15, 0.2) is 0 Å². The van der Waals surface area contributed by atoms with Crippen LogP contribution >= 0.6 is 12.6 Å². The molecule has 0 spiro atoms. The van der Waals surface area contributed by atoms with Gasteiger partial charge in [-0.05, 0) is 0 Å². The maximum absolute atomic E-state index is 5.82. The van der Waals surface area contributed by atoms with Crippen LogP contribution in [0.15, 0.2) is 17.0 Å². The zero-order chi connectivity index (χ0) is 13.5. The molecule has 0 aliphatic carbocycles. The summed E-state index contributed by atoms with van der Waals surface area (Å²) >= 11 is 7.67. The molecular formula is C15H23OSSe. The molecule has 0 N–H and O–H groups in total. The second kappa shape index (κ2) is 8.14. The van der Waals surface area contributed by atoms with Gasteiger partial charge in [-0.3, -0.25) is 0 Å². The third-order valence-corrected chi connectivity index (χ3v) is 4.68. The first-order valence-electron chi connectivity index (χ1n) is 6.73. The predicted octanol–water partition coefficient (Wildman–Crippen LogP) is 3.85. The third kappa shape index (κ3) is 4.53. The molecule has 0 saturated carbocycles. The summed E-state index contributed by atoms with van der Waals surface area (Å²) in [5, 5.41) is 0. The van der Waals surface area contributed by atoms with E-state index in [4.69, 9.17) is 4.74 Å². The van der Waals surface area contributed by atoms with Gasteiger partial charge in [0.2, 0.25) is 0 Å². The van der Waals surface area contributed by atoms with Gasteiger partial charge in [0, 0.05) is 0 Å². The van der Waals surface area contributed by atoms with E-state index in [1.807, 2.05) is 0 Å². The quantitative estimate of drug-likeness (QED) is 0.454. The summed E-state index contributed by atoms with van der Waals surface area (Å²) < 4.78 is 6.86. The van der Waals surface area contributed by atoms with Crippen molar-refractivity contribution in [3.8, 4) is 5.75 Å². The summed E-state index contributed by atoms with van der Waals surface area (Å²) in [7, 11) is 0. The molecule has 0 fully saturated rings. The van der Waals surface area contributed by atoms with Gasteiger partial charge in [-0.2, -0.15) is 0 Å². The molecule has 101 valence electrons. The third-order valence-electron chi connectivity index (χ3n) is 3.00. The van der Waals surface area contributed by atoms with Crippen LogP contribution in [0, 0.1) is 0 Å². The number of unbranched alkanes of at least 4 members (excludes halogenated alkanes) is 3. The summed E-state index contributed by atoms with van der Waals surface area (Å²) in [5.41, 5.74) is 1.27. The minimum absolute atomic E-state index is 0.489. The van der Waals surface area contributed by atoms with Crippen molar-refractivity contribution in [2.45, 2.75) is 57.3 Å². The van der Waals surface area contributed by atoms with E-state index >= 15 is 0 Å². The number of hydrogen-bond donors (Lipinski definition) is 1. The van der Waals surface area contributed by atoms with E-state index in [1.54, 1.807) is 0 Å². The SMILES string of the molecule is CCCCCCOc1ccc(C(C)C)c(S)c1[Se]. The van der Waals surface area contributed by atoms with Gasteiger partial charge in [-0.25, -0.2) is 0 Å². The molecule has 0 aliphatic rings. The fraction of sp³-hybridized carbons (Fsp3) is 0.600. The van der Waals surface area contributed by atoms with Crippen LogP contribution in [0.25, 0.3) is 0 Å². The Morgan fingerprint density at radius 1 is 1.22 bits per heavy atom. The Morgan fingerprint density at radius 3 is 2.56 bits per heavy atom. The molecule has 1 aromatic carbocycles. The molecule has 0 bridgehead atoms. The molecule has 0 aliphatic heterocycles. The van der Waals surface area contributed by atoms with E-state index in [2.05, 4.69) is 61.5 Å². The van der Waals surface area contributed by atoms with Gasteiger partial charge in [-0.1, -0.05) is 0 Å². The van der Waals surface area contributed by atoms with Gasteiger partial charge < -0.3 is 0 Å². The van der Waals surface area contributed by atoms with Crippen LogP contribution in [0.3, 0.4) is 0 Å². The molecule has 1 aromatic rings. The van der Waals surface area contributed by atoms with E-state index in [0.29, 0.717) is 5.92 Å². The fourth-order valence-electron chi connectivity index (χ4n) is 1.86. The molecule has 0 saturated heterocycles. The summed E-state index contributed by atoms with van der Waals surface area (Å²) in [6.07, 6.45) is 4.92. The van der Waals surface area contributed by atoms with Crippen LogP contribution in [0.1, 0.15) is 57.9 Å². The Hall–Kier alpha value is -0.111. The fourth-order valence-corrected chi connectivity index (χ4v) is 2.81. The molecule has 1 rings (SSSR count). The van der Waals surface area contributed by atoms with Crippen molar-refractivity contribution in [1.82, 2.24) is 0 Å². The monoisotopic (exact) mass is 331 g/mol. The van der Waals surface area contributed by atoms with E-state index in [9.17, 15) is 0 Å². The first kappa shape index (κ1) is 15.9. The molecule has 18 heavy (non-hydrogen) atoms. The average molecular weight is 330 g/mol. The molecule has 0 amide bonds. The molecule has 3 heteroatoms. The van der Waals surface area contributed by atoms with Gasteiger partial charge in [0.05, 0.1) is 0 Å². The van der Waals surface area contributed by atoms with Crippen LogP contribution in [0.4, 0.5) is 0 Å². The molecule has 0 heterocycles. The summed E-state index contributed by atoms with van der Waals surface area (Å²) in [4.78, 5) is 1.02. The number of benzene rings is 1. The maximum atomic E-state index is 5.82. The Bertz CT molecular complexity index is 377. The zero-order valence-electron chi connectivity index (χ0n) is 11.5. The van der Waals surface area contributed by atoms with Crippen molar-refractivity contribution >= 4 is 33.1 Å². The zero-order valence-corrected chi connectivity index (χ0v) is 14.1. The number of thiol groups is 1. The van der Waals surface area contributed by atoms with Crippen molar-refractivity contribution < 1.29 is 4.74 Å².